The second-order valence-electron chi connectivity index (χ2n) is 6.39. The monoisotopic (exact) mass is 339 g/mol. The van der Waals surface area contributed by atoms with Gasteiger partial charge < -0.3 is 14.5 Å². The molecule has 1 aliphatic rings. The summed E-state index contributed by atoms with van der Waals surface area (Å²) in [4.78, 5) is 21.0. The first-order chi connectivity index (χ1) is 12.1. The molecule has 0 saturated carbocycles. The molecule has 1 fully saturated rings. The number of piperazine rings is 1. The van der Waals surface area contributed by atoms with Crippen LogP contribution < -0.4 is 9.64 Å². The Morgan fingerprint density at radius 1 is 1.04 bits per heavy atom. The average Bonchev–Trinajstić information content (AvgIpc) is 2.62. The van der Waals surface area contributed by atoms with E-state index >= 15 is 0 Å². The normalized spacial score (nSPS) is 14.5. The van der Waals surface area contributed by atoms with Crippen LogP contribution in [0.4, 0.5) is 5.69 Å². The second-order valence-corrected chi connectivity index (χ2v) is 6.39. The van der Waals surface area contributed by atoms with Gasteiger partial charge in [-0.1, -0.05) is 18.2 Å². The average molecular weight is 339 g/mol. The number of nitrogens with zero attached hydrogens (tertiary/aromatic N) is 3. The summed E-state index contributed by atoms with van der Waals surface area (Å²) in [6.45, 7) is 7.68. The lowest BCUT2D eigenvalue weighted by Crippen LogP contribution is -2.49. The van der Waals surface area contributed by atoms with Crippen LogP contribution in [0.2, 0.25) is 0 Å². The SMILES string of the molecule is Cc1cc(N2CCN(C(=O)CCOc3ccccc3)CC2)cc(C)n1. The summed E-state index contributed by atoms with van der Waals surface area (Å²) in [5.74, 6) is 0.973. The molecule has 0 atom stereocenters. The van der Waals surface area contributed by atoms with Crippen molar-refractivity contribution >= 4 is 11.6 Å². The molecular weight excluding hydrogens is 314 g/mol. The highest BCUT2D eigenvalue weighted by molar-refractivity contribution is 5.76. The lowest BCUT2D eigenvalue weighted by Gasteiger charge is -2.36. The van der Waals surface area contributed by atoms with Gasteiger partial charge in [0.05, 0.1) is 13.0 Å². The van der Waals surface area contributed by atoms with Crippen molar-refractivity contribution in [2.75, 3.05) is 37.7 Å². The summed E-state index contributed by atoms with van der Waals surface area (Å²) in [6, 6.07) is 13.8. The van der Waals surface area contributed by atoms with Crippen LogP contribution in [0.1, 0.15) is 17.8 Å². The Morgan fingerprint density at radius 3 is 2.32 bits per heavy atom. The van der Waals surface area contributed by atoms with Crippen LogP contribution >= 0.6 is 0 Å². The molecule has 2 heterocycles. The minimum Gasteiger partial charge on any atom is -0.493 e. The first kappa shape index (κ1) is 17.3. The van der Waals surface area contributed by atoms with Gasteiger partial charge in [-0.25, -0.2) is 0 Å². The Bertz CT molecular complexity index is 690. The van der Waals surface area contributed by atoms with Gasteiger partial charge >= 0.3 is 0 Å². The maximum atomic E-state index is 12.4. The van der Waals surface area contributed by atoms with Crippen molar-refractivity contribution in [1.82, 2.24) is 9.88 Å². The van der Waals surface area contributed by atoms with Crippen LogP contribution in [-0.4, -0.2) is 48.6 Å². The molecule has 0 bridgehead atoms. The summed E-state index contributed by atoms with van der Waals surface area (Å²) in [6.07, 6.45) is 0.419. The molecule has 1 aliphatic heterocycles. The smallest absolute Gasteiger partial charge is 0.226 e. The molecular formula is C20H25N3O2. The topological polar surface area (TPSA) is 45.7 Å². The zero-order valence-electron chi connectivity index (χ0n) is 14.9. The summed E-state index contributed by atoms with van der Waals surface area (Å²) in [7, 11) is 0. The van der Waals surface area contributed by atoms with Crippen molar-refractivity contribution in [1.29, 1.82) is 0 Å². The van der Waals surface area contributed by atoms with E-state index in [-0.39, 0.29) is 5.91 Å². The Hall–Kier alpha value is -2.56. The van der Waals surface area contributed by atoms with Crippen LogP contribution in [-0.2, 0) is 4.79 Å². The molecule has 0 radical (unpaired) electrons. The lowest BCUT2D eigenvalue weighted by molar-refractivity contribution is -0.132. The number of pyridine rings is 1. The molecule has 1 aromatic carbocycles. The van der Waals surface area contributed by atoms with Crippen molar-refractivity contribution in [3.63, 3.8) is 0 Å². The van der Waals surface area contributed by atoms with Gasteiger partial charge in [0, 0.05) is 43.3 Å². The fourth-order valence-electron chi connectivity index (χ4n) is 3.14. The molecule has 5 heteroatoms. The summed E-state index contributed by atoms with van der Waals surface area (Å²) < 4.78 is 5.62. The summed E-state index contributed by atoms with van der Waals surface area (Å²) in [5.41, 5.74) is 3.27. The molecule has 2 aromatic rings. The van der Waals surface area contributed by atoms with Crippen molar-refractivity contribution in [2.45, 2.75) is 20.3 Å². The molecule has 0 unspecified atom stereocenters. The van der Waals surface area contributed by atoms with Crippen LogP contribution in [0.15, 0.2) is 42.5 Å². The zero-order valence-corrected chi connectivity index (χ0v) is 14.9. The second kappa shape index (κ2) is 8.01. The molecule has 5 nitrogen and oxygen atoms in total. The van der Waals surface area contributed by atoms with Gasteiger partial charge in [0.1, 0.15) is 5.75 Å². The minimum atomic E-state index is 0.165. The number of rotatable bonds is 5. The number of para-hydroxylation sites is 1. The molecule has 25 heavy (non-hydrogen) atoms. The number of carbonyl (C=O) groups is 1. The largest absolute Gasteiger partial charge is 0.493 e. The Kier molecular flexibility index (Phi) is 5.53. The maximum absolute atomic E-state index is 12.4. The van der Waals surface area contributed by atoms with E-state index in [9.17, 15) is 4.79 Å². The van der Waals surface area contributed by atoms with E-state index in [2.05, 4.69) is 22.0 Å². The van der Waals surface area contributed by atoms with Crippen molar-refractivity contribution in [3.05, 3.63) is 53.9 Å². The number of anilines is 1. The van der Waals surface area contributed by atoms with E-state index in [0.717, 1.165) is 43.3 Å². The van der Waals surface area contributed by atoms with Gasteiger partial charge in [0.25, 0.3) is 0 Å². The van der Waals surface area contributed by atoms with Crippen molar-refractivity contribution < 1.29 is 9.53 Å². The minimum absolute atomic E-state index is 0.165. The standard InChI is InChI=1S/C20H25N3O2/c1-16-14-18(15-17(2)21-16)22-9-11-23(12-10-22)20(24)8-13-25-19-6-4-3-5-7-19/h3-7,14-15H,8-13H2,1-2H3. The van der Waals surface area contributed by atoms with Crippen molar-refractivity contribution in [3.8, 4) is 5.75 Å². The number of benzene rings is 1. The van der Waals surface area contributed by atoms with E-state index in [4.69, 9.17) is 4.74 Å². The highest BCUT2D eigenvalue weighted by Gasteiger charge is 2.21. The van der Waals surface area contributed by atoms with Crippen molar-refractivity contribution in [2.24, 2.45) is 0 Å². The van der Waals surface area contributed by atoms with Gasteiger partial charge in [0.15, 0.2) is 0 Å². The van der Waals surface area contributed by atoms with E-state index in [1.807, 2.05) is 49.1 Å². The number of carbonyl (C=O) groups excluding carboxylic acids is 1. The maximum Gasteiger partial charge on any atom is 0.226 e. The van der Waals surface area contributed by atoms with E-state index in [1.54, 1.807) is 0 Å². The van der Waals surface area contributed by atoms with E-state index in [0.29, 0.717) is 13.0 Å². The van der Waals surface area contributed by atoms with Gasteiger partial charge in [0.2, 0.25) is 5.91 Å². The molecule has 1 saturated heterocycles. The molecule has 0 spiro atoms. The number of aromatic nitrogens is 1. The molecule has 1 aromatic heterocycles. The van der Waals surface area contributed by atoms with E-state index < -0.39 is 0 Å². The highest BCUT2D eigenvalue weighted by atomic mass is 16.5. The van der Waals surface area contributed by atoms with Crippen LogP contribution in [0, 0.1) is 13.8 Å². The third kappa shape index (κ3) is 4.72. The predicted molar refractivity (Wildman–Crippen MR) is 99.1 cm³/mol. The molecule has 3 rings (SSSR count). The quantitative estimate of drug-likeness (QED) is 0.840. The third-order valence-electron chi connectivity index (χ3n) is 4.39. The Labute approximate surface area is 149 Å². The molecule has 0 aliphatic carbocycles. The number of hydrogen-bond acceptors (Lipinski definition) is 4. The first-order valence-electron chi connectivity index (χ1n) is 8.78. The van der Waals surface area contributed by atoms with Crippen LogP contribution in [0.25, 0.3) is 0 Å². The lowest BCUT2D eigenvalue weighted by atomic mass is 10.2. The number of ether oxygens (including phenoxy) is 1. The third-order valence-corrected chi connectivity index (χ3v) is 4.39. The van der Waals surface area contributed by atoms with Gasteiger partial charge in [-0.3, -0.25) is 9.78 Å². The predicted octanol–water partition coefficient (Wildman–Crippen LogP) is 2.82. The number of amides is 1. The van der Waals surface area contributed by atoms with Gasteiger partial charge in [-0.15, -0.1) is 0 Å². The fourth-order valence-corrected chi connectivity index (χ4v) is 3.14. The van der Waals surface area contributed by atoms with Crippen LogP contribution in [0.5, 0.6) is 5.75 Å². The van der Waals surface area contributed by atoms with E-state index in [1.165, 1.54) is 5.69 Å². The van der Waals surface area contributed by atoms with Crippen LogP contribution in [0.3, 0.4) is 0 Å². The number of aryl methyl sites for hydroxylation is 2. The Balaban J connectivity index is 1.46. The zero-order chi connectivity index (χ0) is 17.6. The first-order valence-corrected chi connectivity index (χ1v) is 8.78. The number of hydrogen-bond donors (Lipinski definition) is 0. The Morgan fingerprint density at radius 2 is 1.68 bits per heavy atom. The molecule has 132 valence electrons. The summed E-state index contributed by atoms with van der Waals surface area (Å²) >= 11 is 0. The summed E-state index contributed by atoms with van der Waals surface area (Å²) in [5, 5.41) is 0. The molecule has 1 amide bonds. The van der Waals surface area contributed by atoms with Gasteiger partial charge in [-0.2, -0.15) is 0 Å². The fraction of sp³-hybridized carbons (Fsp3) is 0.400. The highest BCUT2D eigenvalue weighted by Crippen LogP contribution is 2.19. The van der Waals surface area contributed by atoms with Gasteiger partial charge in [-0.05, 0) is 38.1 Å². The molecule has 0 N–H and O–H groups in total.